The minimum Gasteiger partial charge on any atom is -0.494 e. The largest absolute Gasteiger partial charge is 0.494 e. The van der Waals surface area contributed by atoms with Gasteiger partial charge in [0.2, 0.25) is 12.3 Å². The topological polar surface area (TPSA) is 186 Å². The Hall–Kier alpha value is -5.01. The van der Waals surface area contributed by atoms with Gasteiger partial charge in [0, 0.05) is 18.7 Å². The van der Waals surface area contributed by atoms with E-state index in [-0.39, 0.29) is 29.5 Å². The number of amides is 3. The molecule has 276 valence electrons. The van der Waals surface area contributed by atoms with Crippen LogP contribution in [0.15, 0.2) is 52.9 Å². The summed E-state index contributed by atoms with van der Waals surface area (Å²) in [7, 11) is -1.39. The van der Waals surface area contributed by atoms with Gasteiger partial charge in [-0.15, -0.1) is 0 Å². The Kier molecular flexibility index (Phi) is 14.3. The maximum Gasteiger partial charge on any atom is 0.365 e. The third-order valence-corrected chi connectivity index (χ3v) is 8.68. The summed E-state index contributed by atoms with van der Waals surface area (Å²) in [6.45, 7) is 6.88. The quantitative estimate of drug-likeness (QED) is 0.0497. The zero-order valence-electron chi connectivity index (χ0n) is 29.1. The monoisotopic (exact) mass is 728 g/mol. The second-order valence-electron chi connectivity index (χ2n) is 11.8. The van der Waals surface area contributed by atoms with Crippen molar-refractivity contribution in [2.75, 3.05) is 38.4 Å². The number of nitrogens with one attached hydrogen (secondary N) is 2. The predicted molar refractivity (Wildman–Crippen MR) is 188 cm³/mol. The van der Waals surface area contributed by atoms with Crippen LogP contribution < -0.4 is 29.5 Å². The van der Waals surface area contributed by atoms with Crippen molar-refractivity contribution in [3.8, 4) is 28.6 Å². The Morgan fingerprint density at radius 2 is 1.84 bits per heavy atom. The van der Waals surface area contributed by atoms with E-state index < -0.39 is 38.0 Å². The van der Waals surface area contributed by atoms with Gasteiger partial charge in [0.25, 0.3) is 5.91 Å². The average molecular weight is 729 g/mol. The molecule has 3 unspecified atom stereocenters. The minimum atomic E-state index is -3.27. The van der Waals surface area contributed by atoms with Gasteiger partial charge >= 0.3 is 14.2 Å². The van der Waals surface area contributed by atoms with E-state index in [1.165, 1.54) is 18.2 Å². The van der Waals surface area contributed by atoms with Crippen LogP contribution in [0.3, 0.4) is 0 Å². The van der Waals surface area contributed by atoms with Gasteiger partial charge in [0.15, 0.2) is 5.76 Å². The lowest BCUT2D eigenvalue weighted by molar-refractivity contribution is -0.171. The molecule has 1 aromatic heterocycles. The van der Waals surface area contributed by atoms with Gasteiger partial charge in [-0.2, -0.15) is 5.06 Å². The number of rotatable bonds is 19. The van der Waals surface area contributed by atoms with Crippen LogP contribution in [-0.2, 0) is 19.0 Å². The first kappa shape index (κ1) is 38.8. The summed E-state index contributed by atoms with van der Waals surface area (Å²) >= 11 is 0. The van der Waals surface area contributed by atoms with Crippen LogP contribution in [0.5, 0.6) is 17.2 Å². The van der Waals surface area contributed by atoms with Crippen LogP contribution in [0.4, 0.5) is 5.69 Å². The number of likely N-dealkylation sites (N-methyl/N-ethyl adjacent to an activating group) is 1. The molecule has 16 heteroatoms. The summed E-state index contributed by atoms with van der Waals surface area (Å²) in [5.74, 6) is -1.22. The lowest BCUT2D eigenvalue weighted by Crippen LogP contribution is -2.49. The molecule has 0 aliphatic carbocycles. The number of unbranched alkanes of at least 4 members (excludes halogenated alkanes) is 2. The molecule has 3 amide bonds. The second-order valence-corrected chi connectivity index (χ2v) is 12.5. The van der Waals surface area contributed by atoms with Gasteiger partial charge < -0.3 is 43.7 Å². The number of hydrogen-bond donors (Lipinski definition) is 3. The molecule has 2 heterocycles. The van der Waals surface area contributed by atoms with E-state index >= 15 is 0 Å². The van der Waals surface area contributed by atoms with E-state index in [0.29, 0.717) is 62.5 Å². The average Bonchev–Trinajstić information content (AvgIpc) is 3.61. The lowest BCUT2D eigenvalue weighted by Gasteiger charge is -2.32. The van der Waals surface area contributed by atoms with Gasteiger partial charge in [-0.1, -0.05) is 33.1 Å². The van der Waals surface area contributed by atoms with E-state index in [1.54, 1.807) is 44.2 Å². The number of benzene rings is 2. The molecule has 3 aromatic rings. The van der Waals surface area contributed by atoms with Crippen LogP contribution in [0.25, 0.3) is 11.3 Å². The van der Waals surface area contributed by atoms with Gasteiger partial charge in [0.05, 0.1) is 43.0 Å². The molecule has 3 N–H and O–H groups in total. The number of hydrogen-bond acceptors (Lipinski definition) is 11. The molecular formula is C35H45N4O11P. The number of carbonyl (C=O) groups excluding carboxylic acids is 4. The van der Waals surface area contributed by atoms with E-state index in [1.807, 2.05) is 18.9 Å². The Morgan fingerprint density at radius 3 is 2.55 bits per heavy atom. The van der Waals surface area contributed by atoms with Crippen molar-refractivity contribution in [2.45, 2.75) is 58.9 Å². The fourth-order valence-electron chi connectivity index (χ4n) is 5.72. The zero-order chi connectivity index (χ0) is 36.9. The summed E-state index contributed by atoms with van der Waals surface area (Å²) in [4.78, 5) is 68.7. The Labute approximate surface area is 297 Å². The van der Waals surface area contributed by atoms with Crippen molar-refractivity contribution in [1.29, 1.82) is 0 Å². The molecule has 3 atom stereocenters. The van der Waals surface area contributed by atoms with Crippen LogP contribution in [0.2, 0.25) is 0 Å². The van der Waals surface area contributed by atoms with Crippen molar-refractivity contribution in [3.63, 3.8) is 0 Å². The van der Waals surface area contributed by atoms with Crippen LogP contribution >= 0.6 is 8.25 Å². The van der Waals surface area contributed by atoms with E-state index in [4.69, 9.17) is 23.3 Å². The van der Waals surface area contributed by atoms with Crippen molar-refractivity contribution in [2.24, 2.45) is 5.92 Å². The van der Waals surface area contributed by atoms with Gasteiger partial charge in [-0.3, -0.25) is 14.4 Å². The molecule has 0 bridgehead atoms. The molecule has 1 aliphatic rings. The summed E-state index contributed by atoms with van der Waals surface area (Å²) in [6.07, 6.45) is 3.57. The Morgan fingerprint density at radius 1 is 1.06 bits per heavy atom. The normalized spacial score (nSPS) is 13.9. The minimum absolute atomic E-state index is 0.0517. The highest BCUT2D eigenvalue weighted by Gasteiger charge is 2.34. The lowest BCUT2D eigenvalue weighted by atomic mass is 9.90. The van der Waals surface area contributed by atoms with Crippen LogP contribution in [0, 0.1) is 5.92 Å². The summed E-state index contributed by atoms with van der Waals surface area (Å²) < 4.78 is 33.1. The number of nitrogens with zero attached hydrogens (tertiary/aromatic N) is 2. The third-order valence-electron chi connectivity index (χ3n) is 8.27. The summed E-state index contributed by atoms with van der Waals surface area (Å²) in [6, 6.07) is 11.7. The molecule has 2 aromatic carbocycles. The van der Waals surface area contributed by atoms with Crippen molar-refractivity contribution < 1.29 is 51.9 Å². The third kappa shape index (κ3) is 10.5. The first-order valence-electron chi connectivity index (χ1n) is 16.9. The molecule has 0 spiro atoms. The predicted octanol–water partition coefficient (Wildman–Crippen LogP) is 4.94. The van der Waals surface area contributed by atoms with Gasteiger partial charge in [-0.05, 0) is 62.2 Å². The van der Waals surface area contributed by atoms with Gasteiger partial charge in [0.1, 0.15) is 29.6 Å². The Bertz CT molecular complexity index is 1700. The summed E-state index contributed by atoms with van der Waals surface area (Å²) in [5, 5.41) is 6.22. The van der Waals surface area contributed by atoms with Gasteiger partial charge in [-0.25, -0.2) is 9.36 Å². The fraction of sp³-hybridized carbons (Fsp3) is 0.429. The second kappa shape index (κ2) is 18.8. The Balaban J connectivity index is 1.41. The molecule has 15 nitrogen and oxygen atoms in total. The number of anilines is 1. The maximum absolute atomic E-state index is 13.6. The van der Waals surface area contributed by atoms with E-state index in [0.717, 1.165) is 23.6 Å². The highest BCUT2D eigenvalue weighted by atomic mass is 31.1. The van der Waals surface area contributed by atoms with Crippen molar-refractivity contribution >= 4 is 38.1 Å². The summed E-state index contributed by atoms with van der Waals surface area (Å²) in [5.41, 5.74) is 1.39. The van der Waals surface area contributed by atoms with Crippen molar-refractivity contribution in [3.05, 3.63) is 59.9 Å². The number of carbonyl (C=O) groups is 4. The molecule has 51 heavy (non-hydrogen) atoms. The molecule has 1 aliphatic heterocycles. The smallest absolute Gasteiger partial charge is 0.365 e. The number of hydroxylamine groups is 2. The first-order valence-corrected chi connectivity index (χ1v) is 18.1. The van der Waals surface area contributed by atoms with Crippen molar-refractivity contribution in [1.82, 2.24) is 15.7 Å². The number of ether oxygens (including phenoxy) is 2. The van der Waals surface area contributed by atoms with E-state index in [9.17, 15) is 28.6 Å². The standard InChI is InChI=1S/C35H45N4O11P/c1-5-8-9-10-27(28(6-2)39(22-40)49-35(43)23-11-12-31-29(19-23)38(4)15-16-47-31)33(41)36-21-37-34(42)32-14-13-30(48-32)24-17-25(46-7-3)20-26(18-24)50-51(44)45/h11-14,17-20,22,27-28,51H,5-10,15-16,21H2,1-4H3,(H,36,41)(H,37,42)(H,44,45). The zero-order valence-corrected chi connectivity index (χ0v) is 30.1. The maximum atomic E-state index is 13.6. The molecule has 0 radical (unpaired) electrons. The molecular weight excluding hydrogens is 683 g/mol. The molecule has 0 saturated heterocycles. The van der Waals surface area contributed by atoms with E-state index in [2.05, 4.69) is 10.6 Å². The molecule has 4 rings (SSSR count). The van der Waals surface area contributed by atoms with Crippen LogP contribution in [0.1, 0.15) is 73.8 Å². The molecule has 0 fully saturated rings. The SMILES string of the molecule is CCCCCC(C(=O)NCNC(=O)c1ccc(-c2cc(OCC)cc(O[PH](=O)O)c2)o1)C(CC)N(C=O)OC(=O)c1ccc2c(c1)N(C)CCO2. The molecule has 0 saturated carbocycles. The first-order chi connectivity index (χ1) is 24.6. The number of fused-ring (bicyclic) bond motifs is 1. The highest BCUT2D eigenvalue weighted by molar-refractivity contribution is 7.32. The number of furan rings is 1. The van der Waals surface area contributed by atoms with Crippen LogP contribution in [-0.4, -0.2) is 73.7 Å². The fourth-order valence-corrected chi connectivity index (χ4v) is 6.04. The highest BCUT2D eigenvalue weighted by Crippen LogP contribution is 2.35.